The second-order valence-electron chi connectivity index (χ2n) is 7.30. The Labute approximate surface area is 168 Å². The van der Waals surface area contributed by atoms with Crippen LogP contribution in [-0.4, -0.2) is 28.3 Å². The average molecular weight is 390 g/mol. The van der Waals surface area contributed by atoms with E-state index < -0.39 is 6.04 Å². The number of nitrogens with one attached hydrogen (secondary N) is 3. The van der Waals surface area contributed by atoms with E-state index in [1.165, 1.54) is 0 Å². The van der Waals surface area contributed by atoms with Crippen molar-refractivity contribution in [2.75, 3.05) is 10.6 Å². The topological polar surface area (TPSA) is 92.2 Å². The first-order chi connectivity index (χ1) is 13.9. The number of hydrogen-bond donors (Lipinski definition) is 3. The summed E-state index contributed by atoms with van der Waals surface area (Å²) in [5.74, 6) is -0.651. The standard InChI is InChI=1S/C22H22N4O3/c1-13-6-7-14(12-18(13)25-22(29)17-8-9-20(27)23-17)21(28)24-16-4-3-5-19-15(16)10-11-26(19)2/h3-7,10-12,17H,8-9H2,1-2H3,(H,23,27)(H,24,28)(H,25,29). The molecule has 29 heavy (non-hydrogen) atoms. The number of anilines is 2. The first kappa shape index (κ1) is 18.7. The zero-order valence-corrected chi connectivity index (χ0v) is 16.3. The van der Waals surface area contributed by atoms with Gasteiger partial charge in [-0.1, -0.05) is 12.1 Å². The first-order valence-corrected chi connectivity index (χ1v) is 9.48. The predicted octanol–water partition coefficient (Wildman–Crippen LogP) is 2.96. The molecule has 1 aromatic heterocycles. The van der Waals surface area contributed by atoms with Crippen molar-refractivity contribution in [2.45, 2.75) is 25.8 Å². The highest BCUT2D eigenvalue weighted by Gasteiger charge is 2.27. The average Bonchev–Trinajstić information content (AvgIpc) is 3.30. The summed E-state index contributed by atoms with van der Waals surface area (Å²) in [6.07, 6.45) is 2.77. The molecule has 3 aromatic rings. The van der Waals surface area contributed by atoms with Crippen LogP contribution < -0.4 is 16.0 Å². The lowest BCUT2D eigenvalue weighted by Crippen LogP contribution is -2.37. The molecule has 0 saturated carbocycles. The quantitative estimate of drug-likeness (QED) is 0.640. The number of amides is 3. The van der Waals surface area contributed by atoms with Crippen molar-refractivity contribution in [1.29, 1.82) is 0 Å². The Morgan fingerprint density at radius 2 is 1.93 bits per heavy atom. The number of fused-ring (bicyclic) bond motifs is 1. The molecule has 1 atom stereocenters. The summed E-state index contributed by atoms with van der Waals surface area (Å²) in [7, 11) is 1.95. The monoisotopic (exact) mass is 390 g/mol. The highest BCUT2D eigenvalue weighted by Crippen LogP contribution is 2.25. The van der Waals surface area contributed by atoms with Crippen molar-refractivity contribution < 1.29 is 14.4 Å². The summed E-state index contributed by atoms with van der Waals surface area (Å²) >= 11 is 0. The SMILES string of the molecule is Cc1ccc(C(=O)Nc2cccc3c2ccn3C)cc1NC(=O)C1CCC(=O)N1. The summed E-state index contributed by atoms with van der Waals surface area (Å²) in [6.45, 7) is 1.86. The Morgan fingerprint density at radius 1 is 1.10 bits per heavy atom. The molecule has 1 aliphatic heterocycles. The third-order valence-corrected chi connectivity index (χ3v) is 5.25. The highest BCUT2D eigenvalue weighted by atomic mass is 16.2. The lowest BCUT2D eigenvalue weighted by atomic mass is 10.1. The maximum absolute atomic E-state index is 12.8. The van der Waals surface area contributed by atoms with Gasteiger partial charge in [-0.25, -0.2) is 0 Å². The van der Waals surface area contributed by atoms with Gasteiger partial charge in [0.2, 0.25) is 11.8 Å². The molecular formula is C22H22N4O3. The molecule has 1 saturated heterocycles. The minimum Gasteiger partial charge on any atom is -0.350 e. The van der Waals surface area contributed by atoms with Gasteiger partial charge in [0.05, 0.1) is 5.69 Å². The molecule has 0 radical (unpaired) electrons. The van der Waals surface area contributed by atoms with Crippen LogP contribution in [0.2, 0.25) is 0 Å². The minimum absolute atomic E-state index is 0.120. The Bertz CT molecular complexity index is 1130. The third kappa shape index (κ3) is 3.71. The first-order valence-electron chi connectivity index (χ1n) is 9.48. The molecule has 3 amide bonds. The molecule has 4 rings (SSSR count). The molecule has 2 aromatic carbocycles. The molecule has 1 aliphatic rings. The number of rotatable bonds is 4. The largest absolute Gasteiger partial charge is 0.350 e. The Balaban J connectivity index is 1.54. The van der Waals surface area contributed by atoms with E-state index in [-0.39, 0.29) is 17.7 Å². The Morgan fingerprint density at radius 3 is 2.69 bits per heavy atom. The normalized spacial score (nSPS) is 15.9. The Hall–Kier alpha value is -3.61. The van der Waals surface area contributed by atoms with Crippen LogP contribution in [0.15, 0.2) is 48.7 Å². The van der Waals surface area contributed by atoms with E-state index in [4.69, 9.17) is 0 Å². The molecule has 1 unspecified atom stereocenters. The molecular weight excluding hydrogens is 368 g/mol. The van der Waals surface area contributed by atoms with E-state index in [9.17, 15) is 14.4 Å². The van der Waals surface area contributed by atoms with Crippen LogP contribution in [0.4, 0.5) is 11.4 Å². The molecule has 7 nitrogen and oxygen atoms in total. The second-order valence-corrected chi connectivity index (χ2v) is 7.30. The molecule has 1 fully saturated rings. The lowest BCUT2D eigenvalue weighted by Gasteiger charge is -2.14. The summed E-state index contributed by atoms with van der Waals surface area (Å²) in [4.78, 5) is 36.6. The van der Waals surface area contributed by atoms with E-state index in [1.807, 2.05) is 49.0 Å². The fourth-order valence-corrected chi connectivity index (χ4v) is 3.53. The zero-order chi connectivity index (χ0) is 20.5. The lowest BCUT2D eigenvalue weighted by molar-refractivity contribution is -0.122. The van der Waals surface area contributed by atoms with Crippen LogP contribution in [0.25, 0.3) is 10.9 Å². The fourth-order valence-electron chi connectivity index (χ4n) is 3.53. The van der Waals surface area contributed by atoms with E-state index in [1.54, 1.807) is 18.2 Å². The smallest absolute Gasteiger partial charge is 0.255 e. The van der Waals surface area contributed by atoms with Crippen molar-refractivity contribution in [3.63, 3.8) is 0 Å². The van der Waals surface area contributed by atoms with Crippen molar-refractivity contribution in [1.82, 2.24) is 9.88 Å². The van der Waals surface area contributed by atoms with E-state index in [0.29, 0.717) is 24.1 Å². The maximum Gasteiger partial charge on any atom is 0.255 e. The van der Waals surface area contributed by atoms with Crippen molar-refractivity contribution in [2.24, 2.45) is 7.05 Å². The van der Waals surface area contributed by atoms with Gasteiger partial charge >= 0.3 is 0 Å². The van der Waals surface area contributed by atoms with Crippen molar-refractivity contribution >= 4 is 40.0 Å². The van der Waals surface area contributed by atoms with Gasteiger partial charge in [0.25, 0.3) is 5.91 Å². The van der Waals surface area contributed by atoms with Gasteiger partial charge in [-0.05, 0) is 49.2 Å². The number of carbonyl (C=O) groups excluding carboxylic acids is 3. The summed E-state index contributed by atoms with van der Waals surface area (Å²) in [5.41, 5.74) is 3.59. The number of benzene rings is 2. The Kier molecular flexibility index (Phi) is 4.80. The summed E-state index contributed by atoms with van der Waals surface area (Å²) in [6, 6.07) is 12.4. The van der Waals surface area contributed by atoms with Gasteiger partial charge in [-0.3, -0.25) is 14.4 Å². The van der Waals surface area contributed by atoms with E-state index in [0.717, 1.165) is 22.2 Å². The number of hydrogen-bond acceptors (Lipinski definition) is 3. The number of nitrogens with zero attached hydrogens (tertiary/aromatic N) is 1. The van der Waals surface area contributed by atoms with Crippen LogP contribution in [0.5, 0.6) is 0 Å². The summed E-state index contributed by atoms with van der Waals surface area (Å²) in [5, 5.41) is 9.39. The van der Waals surface area contributed by atoms with Crippen LogP contribution in [0, 0.1) is 6.92 Å². The zero-order valence-electron chi connectivity index (χ0n) is 16.3. The number of carbonyl (C=O) groups is 3. The van der Waals surface area contributed by atoms with Gasteiger partial charge in [-0.2, -0.15) is 0 Å². The molecule has 0 bridgehead atoms. The molecule has 0 aliphatic carbocycles. The molecule has 0 spiro atoms. The predicted molar refractivity (Wildman–Crippen MR) is 112 cm³/mol. The number of aryl methyl sites for hydroxylation is 2. The van der Waals surface area contributed by atoms with Crippen LogP contribution in [0.1, 0.15) is 28.8 Å². The van der Waals surface area contributed by atoms with Crippen molar-refractivity contribution in [3.8, 4) is 0 Å². The molecule has 2 heterocycles. The van der Waals surface area contributed by atoms with Crippen molar-refractivity contribution in [3.05, 3.63) is 59.8 Å². The van der Waals surface area contributed by atoms with Gasteiger partial charge in [0, 0.05) is 41.8 Å². The molecule has 7 heteroatoms. The van der Waals surface area contributed by atoms with E-state index >= 15 is 0 Å². The third-order valence-electron chi connectivity index (χ3n) is 5.25. The van der Waals surface area contributed by atoms with Gasteiger partial charge in [0.1, 0.15) is 6.04 Å². The molecule has 148 valence electrons. The fraction of sp³-hybridized carbons (Fsp3) is 0.227. The second kappa shape index (κ2) is 7.43. The van der Waals surface area contributed by atoms with E-state index in [2.05, 4.69) is 16.0 Å². The number of aromatic nitrogens is 1. The van der Waals surface area contributed by atoms with Gasteiger partial charge in [0.15, 0.2) is 0 Å². The van der Waals surface area contributed by atoms with Crippen LogP contribution in [-0.2, 0) is 16.6 Å². The van der Waals surface area contributed by atoms with Gasteiger partial charge < -0.3 is 20.5 Å². The van der Waals surface area contributed by atoms with Gasteiger partial charge in [-0.15, -0.1) is 0 Å². The summed E-state index contributed by atoms with van der Waals surface area (Å²) < 4.78 is 1.99. The maximum atomic E-state index is 12.8. The molecule has 3 N–H and O–H groups in total. The van der Waals surface area contributed by atoms with Crippen LogP contribution in [0.3, 0.4) is 0 Å². The van der Waals surface area contributed by atoms with Crippen LogP contribution >= 0.6 is 0 Å². The highest BCUT2D eigenvalue weighted by molar-refractivity contribution is 6.10. The minimum atomic E-state index is -0.532.